The molecular formula is C18H14FN3OS. The minimum atomic E-state index is -0.750. The Bertz CT molecular complexity index is 904. The van der Waals surface area contributed by atoms with E-state index in [0.717, 1.165) is 35.8 Å². The molecule has 6 heteroatoms. The Hall–Kier alpha value is -2.70. The normalized spacial score (nSPS) is 15.9. The van der Waals surface area contributed by atoms with E-state index in [1.54, 1.807) is 0 Å². The van der Waals surface area contributed by atoms with Gasteiger partial charge in [-0.3, -0.25) is 4.79 Å². The zero-order valence-corrected chi connectivity index (χ0v) is 13.8. The first-order valence-electron chi connectivity index (χ1n) is 7.59. The van der Waals surface area contributed by atoms with E-state index in [4.69, 9.17) is 5.26 Å². The van der Waals surface area contributed by atoms with Crippen LogP contribution in [0.1, 0.15) is 45.3 Å². The molecule has 1 aliphatic carbocycles. The van der Waals surface area contributed by atoms with Crippen LogP contribution >= 0.6 is 11.3 Å². The van der Waals surface area contributed by atoms with Crippen LogP contribution in [0.5, 0.6) is 0 Å². The van der Waals surface area contributed by atoms with Crippen molar-refractivity contribution >= 4 is 22.2 Å². The van der Waals surface area contributed by atoms with Gasteiger partial charge in [-0.05, 0) is 48.9 Å². The van der Waals surface area contributed by atoms with Gasteiger partial charge in [0.25, 0.3) is 5.91 Å². The quantitative estimate of drug-likeness (QED) is 0.898. The van der Waals surface area contributed by atoms with Crippen LogP contribution in [-0.2, 0) is 12.8 Å². The van der Waals surface area contributed by atoms with Crippen LogP contribution in [0.2, 0.25) is 0 Å². The van der Waals surface area contributed by atoms with Gasteiger partial charge < -0.3 is 5.32 Å². The molecule has 3 rings (SSSR count). The van der Waals surface area contributed by atoms with Crippen molar-refractivity contribution in [2.75, 3.05) is 5.32 Å². The fourth-order valence-electron chi connectivity index (χ4n) is 2.90. The van der Waals surface area contributed by atoms with Crippen molar-refractivity contribution in [3.63, 3.8) is 0 Å². The standard InChI is InChI=1S/C18H14FN3OS/c1-10-2-4-12-14(9-21)18(24-16(12)6-10)22-17(23)13-5-3-11(8-20)7-15(13)19/h3,5,7,10H,2,4,6H2,1H3,(H,22,23)/t10-/m0/s1. The molecular weight excluding hydrogens is 325 g/mol. The summed E-state index contributed by atoms with van der Waals surface area (Å²) in [5, 5.41) is 21.3. The number of nitrogens with one attached hydrogen (secondary N) is 1. The van der Waals surface area contributed by atoms with Crippen molar-refractivity contribution in [2.45, 2.75) is 26.2 Å². The fraction of sp³-hybridized carbons (Fsp3) is 0.278. The maximum atomic E-state index is 14.0. The Morgan fingerprint density at radius 1 is 1.38 bits per heavy atom. The molecule has 1 aromatic carbocycles. The van der Waals surface area contributed by atoms with Gasteiger partial charge in [-0.2, -0.15) is 10.5 Å². The first-order chi connectivity index (χ1) is 11.5. The molecule has 1 atom stereocenters. The summed E-state index contributed by atoms with van der Waals surface area (Å²) in [6.07, 6.45) is 2.75. The third-order valence-corrected chi connectivity index (χ3v) is 5.36. The molecule has 0 saturated heterocycles. The number of hydrogen-bond donors (Lipinski definition) is 1. The predicted molar refractivity (Wildman–Crippen MR) is 89.3 cm³/mol. The van der Waals surface area contributed by atoms with Gasteiger partial charge in [0.1, 0.15) is 16.9 Å². The summed E-state index contributed by atoms with van der Waals surface area (Å²) in [5.41, 5.74) is 1.51. The number of carbonyl (C=O) groups excluding carboxylic acids is 1. The summed E-state index contributed by atoms with van der Waals surface area (Å²) in [7, 11) is 0. The molecule has 120 valence electrons. The molecule has 1 N–H and O–H groups in total. The van der Waals surface area contributed by atoms with E-state index in [9.17, 15) is 14.4 Å². The van der Waals surface area contributed by atoms with Gasteiger partial charge in [-0.1, -0.05) is 6.92 Å². The van der Waals surface area contributed by atoms with Crippen molar-refractivity contribution in [3.05, 3.63) is 51.1 Å². The average Bonchev–Trinajstić information content (AvgIpc) is 2.90. The lowest BCUT2D eigenvalue weighted by Gasteiger charge is -2.17. The van der Waals surface area contributed by atoms with E-state index in [0.29, 0.717) is 16.5 Å². The lowest BCUT2D eigenvalue weighted by molar-refractivity contribution is 0.102. The highest BCUT2D eigenvalue weighted by Crippen LogP contribution is 2.39. The van der Waals surface area contributed by atoms with Gasteiger partial charge >= 0.3 is 0 Å². The van der Waals surface area contributed by atoms with E-state index in [1.807, 2.05) is 6.07 Å². The minimum absolute atomic E-state index is 0.141. The Morgan fingerprint density at radius 3 is 2.83 bits per heavy atom. The summed E-state index contributed by atoms with van der Waals surface area (Å²) < 4.78 is 14.0. The molecule has 1 aliphatic rings. The van der Waals surface area contributed by atoms with Crippen molar-refractivity contribution in [2.24, 2.45) is 5.92 Å². The third-order valence-electron chi connectivity index (χ3n) is 4.19. The largest absolute Gasteiger partial charge is 0.312 e. The monoisotopic (exact) mass is 339 g/mol. The minimum Gasteiger partial charge on any atom is -0.312 e. The predicted octanol–water partition coefficient (Wildman–Crippen LogP) is 4.01. The van der Waals surface area contributed by atoms with Crippen molar-refractivity contribution in [1.82, 2.24) is 0 Å². The summed E-state index contributed by atoms with van der Waals surface area (Å²) in [4.78, 5) is 13.5. The number of nitrogens with zero attached hydrogens (tertiary/aromatic N) is 2. The SMILES string of the molecule is C[C@H]1CCc2c(sc(NC(=O)c3ccc(C#N)cc3F)c2C#N)C1. The first kappa shape index (κ1) is 16.2. The summed E-state index contributed by atoms with van der Waals surface area (Å²) >= 11 is 1.40. The zero-order chi connectivity index (χ0) is 17.3. The number of halogens is 1. The second kappa shape index (κ2) is 6.43. The van der Waals surface area contributed by atoms with E-state index in [1.165, 1.54) is 23.5 Å². The second-order valence-corrected chi connectivity index (χ2v) is 7.03. The summed E-state index contributed by atoms with van der Waals surface area (Å²) in [6, 6.07) is 7.70. The second-order valence-electron chi connectivity index (χ2n) is 5.93. The average molecular weight is 339 g/mol. The van der Waals surface area contributed by atoms with Gasteiger partial charge in [-0.25, -0.2) is 4.39 Å². The molecule has 4 nitrogen and oxygen atoms in total. The number of hydrogen-bond acceptors (Lipinski definition) is 4. The molecule has 24 heavy (non-hydrogen) atoms. The fourth-order valence-corrected chi connectivity index (χ4v) is 4.25. The number of rotatable bonds is 2. The molecule has 1 aromatic heterocycles. The van der Waals surface area contributed by atoms with E-state index >= 15 is 0 Å². The molecule has 1 amide bonds. The summed E-state index contributed by atoms with van der Waals surface area (Å²) in [6.45, 7) is 2.17. The van der Waals surface area contributed by atoms with E-state index in [-0.39, 0.29) is 11.1 Å². The van der Waals surface area contributed by atoms with Crippen molar-refractivity contribution in [3.8, 4) is 12.1 Å². The van der Waals surface area contributed by atoms with E-state index in [2.05, 4.69) is 18.3 Å². The molecule has 1 heterocycles. The topological polar surface area (TPSA) is 76.7 Å². The number of benzene rings is 1. The Labute approximate surface area is 143 Å². The molecule has 0 fully saturated rings. The Morgan fingerprint density at radius 2 is 2.17 bits per heavy atom. The highest BCUT2D eigenvalue weighted by Gasteiger charge is 2.25. The van der Waals surface area contributed by atoms with Crippen LogP contribution < -0.4 is 5.32 Å². The zero-order valence-electron chi connectivity index (χ0n) is 13.0. The number of amides is 1. The van der Waals surface area contributed by atoms with Crippen molar-refractivity contribution in [1.29, 1.82) is 10.5 Å². The smallest absolute Gasteiger partial charge is 0.259 e. The number of nitriles is 2. The highest BCUT2D eigenvalue weighted by atomic mass is 32.1. The third kappa shape index (κ3) is 2.89. The maximum absolute atomic E-state index is 14.0. The van der Waals surface area contributed by atoms with Gasteiger partial charge in [0.15, 0.2) is 0 Å². The molecule has 0 spiro atoms. The van der Waals surface area contributed by atoms with E-state index < -0.39 is 11.7 Å². The Kier molecular flexibility index (Phi) is 4.33. The highest BCUT2D eigenvalue weighted by molar-refractivity contribution is 7.16. The molecule has 2 aromatic rings. The number of thiophene rings is 1. The lowest BCUT2D eigenvalue weighted by Crippen LogP contribution is -2.14. The maximum Gasteiger partial charge on any atom is 0.259 e. The first-order valence-corrected chi connectivity index (χ1v) is 8.40. The van der Waals surface area contributed by atoms with Gasteiger partial charge in [0.2, 0.25) is 0 Å². The molecule has 0 bridgehead atoms. The molecule has 0 radical (unpaired) electrons. The number of fused-ring (bicyclic) bond motifs is 1. The van der Waals surface area contributed by atoms with Crippen LogP contribution in [0.3, 0.4) is 0 Å². The van der Waals surface area contributed by atoms with Gasteiger partial charge in [0, 0.05) is 4.88 Å². The van der Waals surface area contributed by atoms with Crippen LogP contribution in [-0.4, -0.2) is 5.91 Å². The van der Waals surface area contributed by atoms with Crippen LogP contribution in [0.15, 0.2) is 18.2 Å². The van der Waals surface area contributed by atoms with Crippen molar-refractivity contribution < 1.29 is 9.18 Å². The van der Waals surface area contributed by atoms with Gasteiger partial charge in [0.05, 0.1) is 22.8 Å². The molecule has 0 saturated carbocycles. The van der Waals surface area contributed by atoms with Gasteiger partial charge in [-0.15, -0.1) is 11.3 Å². The molecule has 0 unspecified atom stereocenters. The Balaban J connectivity index is 1.91. The summed E-state index contributed by atoms with van der Waals surface area (Å²) in [5.74, 6) is -0.803. The van der Waals surface area contributed by atoms with Crippen LogP contribution in [0.4, 0.5) is 9.39 Å². The van der Waals surface area contributed by atoms with Crippen LogP contribution in [0, 0.1) is 34.4 Å². The molecule has 0 aliphatic heterocycles. The number of carbonyl (C=O) groups is 1. The number of anilines is 1. The lowest BCUT2D eigenvalue weighted by atomic mass is 9.88. The van der Waals surface area contributed by atoms with Crippen LogP contribution in [0.25, 0.3) is 0 Å².